The number of nitrogens with zero attached hydrogens (tertiary/aromatic N) is 2. The molecule has 2 aliphatic rings. The first-order valence-corrected chi connectivity index (χ1v) is 11.1. The minimum absolute atomic E-state index is 0.123. The molecule has 4 rings (SSSR count). The summed E-state index contributed by atoms with van der Waals surface area (Å²) in [5.74, 6) is 0.198. The van der Waals surface area contributed by atoms with Crippen molar-refractivity contribution in [2.24, 2.45) is 5.92 Å². The summed E-state index contributed by atoms with van der Waals surface area (Å²) in [5, 5.41) is 5.42. The van der Waals surface area contributed by atoms with Crippen LogP contribution in [0.1, 0.15) is 37.7 Å². The Kier molecular flexibility index (Phi) is 6.62. The molecule has 2 aliphatic heterocycles. The fourth-order valence-corrected chi connectivity index (χ4v) is 4.50. The quantitative estimate of drug-likeness (QED) is 0.583. The molecule has 0 radical (unpaired) electrons. The highest BCUT2D eigenvalue weighted by molar-refractivity contribution is 6.04. The Morgan fingerprint density at radius 2 is 1.85 bits per heavy atom. The summed E-state index contributed by atoms with van der Waals surface area (Å²) < 4.78 is 16.0. The average Bonchev–Trinajstić information content (AvgIpc) is 2.82. The molecule has 1 saturated heterocycles. The molecule has 1 aromatic heterocycles. The van der Waals surface area contributed by atoms with Crippen molar-refractivity contribution in [2.45, 2.75) is 32.1 Å². The van der Waals surface area contributed by atoms with Gasteiger partial charge in [0.25, 0.3) is 5.56 Å². The Morgan fingerprint density at radius 1 is 1.15 bits per heavy atom. The molecule has 0 aliphatic carbocycles. The average molecular weight is 472 g/mol. The van der Waals surface area contributed by atoms with Gasteiger partial charge in [0.15, 0.2) is 11.5 Å². The maximum Gasteiger partial charge on any atom is 0.258 e. The number of fused-ring (bicyclic) bond motifs is 1. The first-order chi connectivity index (χ1) is 16.3. The van der Waals surface area contributed by atoms with E-state index >= 15 is 0 Å². The normalized spacial score (nSPS) is 19.6. The molecular formula is C23H29N5O6. The van der Waals surface area contributed by atoms with Gasteiger partial charge in [0.05, 0.1) is 32.8 Å². The molecule has 11 nitrogen and oxygen atoms in total. The highest BCUT2D eigenvalue weighted by atomic mass is 16.5. The molecule has 3 N–H and O–H groups in total. The predicted molar refractivity (Wildman–Crippen MR) is 126 cm³/mol. The second kappa shape index (κ2) is 9.62. The van der Waals surface area contributed by atoms with Crippen LogP contribution in [0.25, 0.3) is 0 Å². The van der Waals surface area contributed by atoms with Crippen molar-refractivity contribution in [3.63, 3.8) is 0 Å². The van der Waals surface area contributed by atoms with Gasteiger partial charge in [0.2, 0.25) is 23.5 Å². The molecule has 2 unspecified atom stereocenters. The maximum absolute atomic E-state index is 13.2. The lowest BCUT2D eigenvalue weighted by Crippen LogP contribution is -2.40. The van der Waals surface area contributed by atoms with Crippen molar-refractivity contribution in [1.29, 1.82) is 0 Å². The lowest BCUT2D eigenvalue weighted by Gasteiger charge is -2.32. The van der Waals surface area contributed by atoms with Crippen LogP contribution in [0.5, 0.6) is 17.2 Å². The molecule has 2 aromatic rings. The van der Waals surface area contributed by atoms with E-state index in [1.54, 1.807) is 12.1 Å². The largest absolute Gasteiger partial charge is 0.493 e. The van der Waals surface area contributed by atoms with E-state index in [9.17, 15) is 14.4 Å². The highest BCUT2D eigenvalue weighted by Gasteiger charge is 2.35. The zero-order chi connectivity index (χ0) is 24.4. The van der Waals surface area contributed by atoms with Gasteiger partial charge in [0.1, 0.15) is 5.82 Å². The molecule has 2 atom stereocenters. The van der Waals surface area contributed by atoms with Crippen LogP contribution < -0.4 is 35.3 Å². The van der Waals surface area contributed by atoms with E-state index in [0.29, 0.717) is 34.8 Å². The van der Waals surface area contributed by atoms with Crippen LogP contribution in [0.2, 0.25) is 0 Å². The molecule has 2 amide bonds. The van der Waals surface area contributed by atoms with E-state index in [1.165, 1.54) is 21.3 Å². The van der Waals surface area contributed by atoms with Gasteiger partial charge in [-0.1, -0.05) is 6.92 Å². The summed E-state index contributed by atoms with van der Waals surface area (Å²) in [6, 6.07) is 3.15. The van der Waals surface area contributed by atoms with Crippen LogP contribution in [0.3, 0.4) is 0 Å². The zero-order valence-corrected chi connectivity index (χ0v) is 19.7. The summed E-state index contributed by atoms with van der Waals surface area (Å²) in [6.07, 6.45) is 1.94. The molecule has 3 heterocycles. The van der Waals surface area contributed by atoms with Gasteiger partial charge in [-0.05, 0) is 18.8 Å². The summed E-state index contributed by atoms with van der Waals surface area (Å²) in [5.41, 5.74) is 0.0666. The summed E-state index contributed by atoms with van der Waals surface area (Å²) in [7, 11) is 4.42. The molecule has 1 aromatic carbocycles. The van der Waals surface area contributed by atoms with E-state index < -0.39 is 17.4 Å². The number of rotatable bonds is 6. The number of aromatic amines is 1. The second-order valence-corrected chi connectivity index (χ2v) is 8.55. The maximum atomic E-state index is 13.2. The molecule has 0 spiro atoms. The number of ether oxygens (including phenoxy) is 3. The SMILES string of the molecule is COc1cc(NC(=O)C2CC(=O)Nc3nc(N4CCCC(C)C4)[nH]c(=O)c32)cc(OC)c1OC. The lowest BCUT2D eigenvalue weighted by atomic mass is 9.92. The number of methoxy groups -OCH3 is 3. The van der Waals surface area contributed by atoms with Crippen molar-refractivity contribution < 1.29 is 23.8 Å². The Morgan fingerprint density at radius 3 is 2.47 bits per heavy atom. The number of anilines is 3. The molecule has 0 saturated carbocycles. The van der Waals surface area contributed by atoms with Crippen molar-refractivity contribution in [3.05, 3.63) is 28.0 Å². The number of amides is 2. The molecule has 182 valence electrons. The van der Waals surface area contributed by atoms with E-state index in [2.05, 4.69) is 27.5 Å². The van der Waals surface area contributed by atoms with Crippen LogP contribution in [-0.2, 0) is 9.59 Å². The Hall–Kier alpha value is -3.76. The number of carbonyl (C=O) groups is 2. The monoisotopic (exact) mass is 471 g/mol. The van der Waals surface area contributed by atoms with Gasteiger partial charge in [-0.15, -0.1) is 0 Å². The van der Waals surface area contributed by atoms with Gasteiger partial charge < -0.3 is 29.7 Å². The van der Waals surface area contributed by atoms with Crippen molar-refractivity contribution in [1.82, 2.24) is 9.97 Å². The molecular weight excluding hydrogens is 442 g/mol. The standard InChI is InChI=1S/C23H29N5O6/c1-12-6-5-7-28(11-12)23-26-20-18(22(31)27-23)14(10-17(29)25-20)21(30)24-13-8-15(32-2)19(34-4)16(9-13)33-3/h8-9,12,14H,5-7,10-11H2,1-4H3,(H,24,30)(H2,25,26,27,29,31). The fraction of sp³-hybridized carbons (Fsp3) is 0.478. The van der Waals surface area contributed by atoms with Crippen LogP contribution >= 0.6 is 0 Å². The van der Waals surface area contributed by atoms with E-state index in [0.717, 1.165) is 25.9 Å². The van der Waals surface area contributed by atoms with E-state index in [-0.39, 0.29) is 23.7 Å². The summed E-state index contributed by atoms with van der Waals surface area (Å²) >= 11 is 0. The number of H-pyrrole nitrogens is 1. The Balaban J connectivity index is 1.64. The Bertz CT molecular complexity index is 1140. The molecule has 11 heteroatoms. The van der Waals surface area contributed by atoms with Gasteiger partial charge >= 0.3 is 0 Å². The molecule has 34 heavy (non-hydrogen) atoms. The zero-order valence-electron chi connectivity index (χ0n) is 19.7. The van der Waals surface area contributed by atoms with E-state index in [4.69, 9.17) is 14.2 Å². The third kappa shape index (κ3) is 4.50. The number of benzene rings is 1. The number of carbonyl (C=O) groups excluding carboxylic acids is 2. The van der Waals surface area contributed by atoms with Crippen LogP contribution in [0, 0.1) is 5.92 Å². The smallest absolute Gasteiger partial charge is 0.258 e. The second-order valence-electron chi connectivity index (χ2n) is 8.55. The third-order valence-electron chi connectivity index (χ3n) is 6.14. The summed E-state index contributed by atoms with van der Waals surface area (Å²) in [6.45, 7) is 3.68. The van der Waals surface area contributed by atoms with Gasteiger partial charge in [-0.2, -0.15) is 4.98 Å². The van der Waals surface area contributed by atoms with Gasteiger partial charge in [-0.3, -0.25) is 19.4 Å². The predicted octanol–water partition coefficient (Wildman–Crippen LogP) is 2.10. The van der Waals surface area contributed by atoms with Crippen molar-refractivity contribution in [3.8, 4) is 17.2 Å². The van der Waals surface area contributed by atoms with E-state index in [1.807, 2.05) is 4.90 Å². The van der Waals surface area contributed by atoms with Gasteiger partial charge in [-0.25, -0.2) is 0 Å². The fourth-order valence-electron chi connectivity index (χ4n) is 4.50. The van der Waals surface area contributed by atoms with Crippen molar-refractivity contribution in [2.75, 3.05) is 50.0 Å². The minimum atomic E-state index is -1.01. The number of hydrogen-bond donors (Lipinski definition) is 3. The molecule has 1 fully saturated rings. The topological polar surface area (TPSA) is 135 Å². The van der Waals surface area contributed by atoms with Crippen molar-refractivity contribution >= 4 is 29.3 Å². The first kappa shape index (κ1) is 23.4. The van der Waals surface area contributed by atoms with Gasteiger partial charge in [0, 0.05) is 37.3 Å². The number of piperidine rings is 1. The van der Waals surface area contributed by atoms with Crippen LogP contribution in [0.4, 0.5) is 17.5 Å². The van der Waals surface area contributed by atoms with Crippen LogP contribution in [-0.4, -0.2) is 56.2 Å². The number of aromatic nitrogens is 2. The highest BCUT2D eigenvalue weighted by Crippen LogP contribution is 2.40. The number of nitrogens with one attached hydrogen (secondary N) is 3. The van der Waals surface area contributed by atoms with Crippen LogP contribution in [0.15, 0.2) is 16.9 Å². The third-order valence-corrected chi connectivity index (χ3v) is 6.14. The minimum Gasteiger partial charge on any atom is -0.493 e. The lowest BCUT2D eigenvalue weighted by molar-refractivity contribution is -0.123. The molecule has 0 bridgehead atoms. The first-order valence-electron chi connectivity index (χ1n) is 11.1. The summed E-state index contributed by atoms with van der Waals surface area (Å²) in [4.78, 5) is 48.0. The number of hydrogen-bond acceptors (Lipinski definition) is 8. The Labute approximate surface area is 196 Å².